The van der Waals surface area contributed by atoms with E-state index in [9.17, 15) is 4.79 Å². The minimum atomic E-state index is 0.189. The highest BCUT2D eigenvalue weighted by Crippen LogP contribution is 2.24. The second kappa shape index (κ2) is 7.83. The molecule has 3 heteroatoms. The molecule has 2 rings (SSSR count). The van der Waals surface area contributed by atoms with Crippen LogP contribution in [0.3, 0.4) is 0 Å². The van der Waals surface area contributed by atoms with Gasteiger partial charge >= 0.3 is 0 Å². The predicted octanol–water partition coefficient (Wildman–Crippen LogP) is 3.88. The van der Waals surface area contributed by atoms with E-state index in [1.165, 1.54) is 32.1 Å². The summed E-state index contributed by atoms with van der Waals surface area (Å²) >= 11 is 0. The molecule has 1 amide bonds. The van der Waals surface area contributed by atoms with Gasteiger partial charge in [0.1, 0.15) is 0 Å². The summed E-state index contributed by atoms with van der Waals surface area (Å²) in [5.74, 6) is 0.453. The van der Waals surface area contributed by atoms with Crippen molar-refractivity contribution >= 4 is 5.91 Å². The fourth-order valence-corrected chi connectivity index (χ4v) is 3.11. The Labute approximate surface area is 127 Å². The van der Waals surface area contributed by atoms with Gasteiger partial charge in [0.25, 0.3) is 0 Å². The van der Waals surface area contributed by atoms with Crippen molar-refractivity contribution in [1.29, 1.82) is 5.26 Å². The van der Waals surface area contributed by atoms with Crippen LogP contribution in [0.15, 0.2) is 24.3 Å². The number of amides is 1. The molecule has 112 valence electrons. The van der Waals surface area contributed by atoms with Crippen molar-refractivity contribution in [3.8, 4) is 6.07 Å². The Hall–Kier alpha value is -1.82. The lowest BCUT2D eigenvalue weighted by Crippen LogP contribution is -2.33. The van der Waals surface area contributed by atoms with Crippen LogP contribution in [0.5, 0.6) is 0 Å². The van der Waals surface area contributed by atoms with E-state index < -0.39 is 0 Å². The first kappa shape index (κ1) is 15.6. The normalized spacial score (nSPS) is 16.6. The lowest BCUT2D eigenvalue weighted by Gasteiger charge is -2.25. The van der Waals surface area contributed by atoms with Gasteiger partial charge < -0.3 is 4.90 Å². The number of nitriles is 1. The Balaban J connectivity index is 1.96. The van der Waals surface area contributed by atoms with Crippen LogP contribution in [-0.2, 0) is 11.3 Å². The van der Waals surface area contributed by atoms with E-state index in [0.29, 0.717) is 12.1 Å². The first-order valence-corrected chi connectivity index (χ1v) is 7.94. The number of carbonyl (C=O) groups excluding carboxylic acids is 1. The highest BCUT2D eigenvalue weighted by molar-refractivity contribution is 5.78. The van der Waals surface area contributed by atoms with Crippen LogP contribution in [-0.4, -0.2) is 17.9 Å². The van der Waals surface area contributed by atoms with Crippen molar-refractivity contribution in [2.24, 2.45) is 5.92 Å². The molecule has 1 aliphatic carbocycles. The summed E-state index contributed by atoms with van der Waals surface area (Å²) in [5.41, 5.74) is 1.68. The Morgan fingerprint density at radius 3 is 2.57 bits per heavy atom. The van der Waals surface area contributed by atoms with Crippen LogP contribution in [0.1, 0.15) is 56.1 Å². The second-order valence-electron chi connectivity index (χ2n) is 6.05. The Bertz CT molecular complexity index is 510. The van der Waals surface area contributed by atoms with Crippen LogP contribution in [0.4, 0.5) is 0 Å². The van der Waals surface area contributed by atoms with Crippen LogP contribution in [0.25, 0.3) is 0 Å². The summed E-state index contributed by atoms with van der Waals surface area (Å²) in [6.07, 6.45) is 8.25. The van der Waals surface area contributed by atoms with Gasteiger partial charge in [-0.2, -0.15) is 5.26 Å². The van der Waals surface area contributed by atoms with Crippen molar-refractivity contribution in [1.82, 2.24) is 4.90 Å². The van der Waals surface area contributed by atoms with Gasteiger partial charge in [0.05, 0.1) is 11.6 Å². The largest absolute Gasteiger partial charge is 0.341 e. The maximum Gasteiger partial charge on any atom is 0.225 e. The van der Waals surface area contributed by atoms with Gasteiger partial charge in [0.2, 0.25) is 5.91 Å². The van der Waals surface area contributed by atoms with Crippen molar-refractivity contribution in [2.45, 2.75) is 51.5 Å². The summed E-state index contributed by atoms with van der Waals surface area (Å²) in [4.78, 5) is 14.4. The van der Waals surface area contributed by atoms with Crippen LogP contribution in [0.2, 0.25) is 0 Å². The zero-order chi connectivity index (χ0) is 15.1. The lowest BCUT2D eigenvalue weighted by molar-refractivity contribution is -0.135. The summed E-state index contributed by atoms with van der Waals surface area (Å²) in [6, 6.07) is 9.65. The Morgan fingerprint density at radius 1 is 1.24 bits per heavy atom. The molecule has 21 heavy (non-hydrogen) atoms. The first-order valence-electron chi connectivity index (χ1n) is 7.94. The average Bonchev–Trinajstić information content (AvgIpc) is 2.46. The summed E-state index contributed by atoms with van der Waals surface area (Å²) in [7, 11) is 1.88. The van der Waals surface area contributed by atoms with Crippen molar-refractivity contribution in [3.05, 3.63) is 35.4 Å². The van der Waals surface area contributed by atoms with Crippen molar-refractivity contribution in [2.75, 3.05) is 7.05 Å². The third-order valence-electron chi connectivity index (χ3n) is 4.31. The van der Waals surface area contributed by atoms with E-state index >= 15 is 0 Å². The molecule has 1 aliphatic rings. The second-order valence-corrected chi connectivity index (χ2v) is 6.05. The molecule has 0 spiro atoms. The van der Waals surface area contributed by atoms with E-state index in [-0.39, 0.29) is 11.8 Å². The SMILES string of the molecule is CN(Cc1cccc(C#N)c1)C(=O)C1CCCCCCC1. The zero-order valence-corrected chi connectivity index (χ0v) is 12.8. The number of hydrogen-bond acceptors (Lipinski definition) is 2. The highest BCUT2D eigenvalue weighted by Gasteiger charge is 2.22. The standard InChI is InChI=1S/C18H24N2O/c1-20(14-16-9-7-8-15(12-16)13-19)18(21)17-10-5-3-2-4-6-11-17/h7-9,12,17H,2-6,10-11,14H2,1H3. The molecule has 0 unspecified atom stereocenters. The summed E-state index contributed by atoms with van der Waals surface area (Å²) in [6.45, 7) is 0.588. The molecule has 3 nitrogen and oxygen atoms in total. The Morgan fingerprint density at radius 2 is 1.90 bits per heavy atom. The fraction of sp³-hybridized carbons (Fsp3) is 0.556. The molecular formula is C18H24N2O. The summed E-state index contributed by atoms with van der Waals surface area (Å²) in [5, 5.41) is 8.94. The van der Waals surface area contributed by atoms with E-state index in [2.05, 4.69) is 6.07 Å². The summed E-state index contributed by atoms with van der Waals surface area (Å²) < 4.78 is 0. The molecular weight excluding hydrogens is 260 g/mol. The quantitative estimate of drug-likeness (QED) is 0.845. The smallest absolute Gasteiger partial charge is 0.225 e. The maximum absolute atomic E-state index is 12.6. The van der Waals surface area contributed by atoms with E-state index in [1.54, 1.807) is 6.07 Å². The van der Waals surface area contributed by atoms with Crippen LogP contribution < -0.4 is 0 Å². The molecule has 0 saturated heterocycles. The minimum absolute atomic E-state index is 0.189. The lowest BCUT2D eigenvalue weighted by atomic mass is 9.90. The van der Waals surface area contributed by atoms with Crippen LogP contribution >= 0.6 is 0 Å². The molecule has 0 bridgehead atoms. The van der Waals surface area contributed by atoms with Crippen molar-refractivity contribution < 1.29 is 4.79 Å². The van der Waals surface area contributed by atoms with Gasteiger partial charge in [0, 0.05) is 19.5 Å². The number of hydrogen-bond donors (Lipinski definition) is 0. The van der Waals surface area contributed by atoms with Gasteiger partial charge in [-0.15, -0.1) is 0 Å². The molecule has 0 heterocycles. The molecule has 1 saturated carbocycles. The predicted molar refractivity (Wildman–Crippen MR) is 83.4 cm³/mol. The van der Waals surface area contributed by atoms with Gasteiger partial charge in [0.15, 0.2) is 0 Å². The van der Waals surface area contributed by atoms with E-state index in [1.807, 2.05) is 30.1 Å². The molecule has 1 fully saturated rings. The molecule has 0 radical (unpaired) electrons. The number of benzene rings is 1. The minimum Gasteiger partial charge on any atom is -0.341 e. The van der Waals surface area contributed by atoms with E-state index in [4.69, 9.17) is 5.26 Å². The zero-order valence-electron chi connectivity index (χ0n) is 12.8. The third kappa shape index (κ3) is 4.60. The number of rotatable bonds is 3. The van der Waals surface area contributed by atoms with Gasteiger partial charge in [-0.05, 0) is 30.5 Å². The molecule has 0 N–H and O–H groups in total. The molecule has 0 aliphatic heterocycles. The third-order valence-corrected chi connectivity index (χ3v) is 4.31. The van der Waals surface area contributed by atoms with Gasteiger partial charge in [-0.3, -0.25) is 4.79 Å². The monoisotopic (exact) mass is 284 g/mol. The maximum atomic E-state index is 12.6. The van der Waals surface area contributed by atoms with Gasteiger partial charge in [-0.25, -0.2) is 0 Å². The molecule has 1 aromatic carbocycles. The number of carbonyl (C=O) groups is 1. The Kier molecular flexibility index (Phi) is 5.80. The van der Waals surface area contributed by atoms with E-state index in [0.717, 1.165) is 18.4 Å². The average molecular weight is 284 g/mol. The molecule has 0 aromatic heterocycles. The van der Waals surface area contributed by atoms with Gasteiger partial charge in [-0.1, -0.05) is 44.2 Å². The molecule has 0 atom stereocenters. The molecule has 1 aromatic rings. The van der Waals surface area contributed by atoms with Crippen LogP contribution in [0, 0.1) is 17.2 Å². The first-order chi connectivity index (χ1) is 10.2. The fourth-order valence-electron chi connectivity index (χ4n) is 3.11. The number of nitrogens with zero attached hydrogens (tertiary/aromatic N) is 2. The highest BCUT2D eigenvalue weighted by atomic mass is 16.2. The topological polar surface area (TPSA) is 44.1 Å². The van der Waals surface area contributed by atoms with Crippen molar-refractivity contribution in [3.63, 3.8) is 0 Å².